The number of furan rings is 1. The van der Waals surface area contributed by atoms with Crippen LogP contribution in [0.4, 0.5) is 11.4 Å². The van der Waals surface area contributed by atoms with Crippen molar-refractivity contribution in [1.29, 1.82) is 0 Å². The molecule has 2 aliphatic heterocycles. The number of carbonyl (C=O) groups is 1. The molecule has 0 radical (unpaired) electrons. The van der Waals surface area contributed by atoms with Crippen molar-refractivity contribution >= 4 is 28.3 Å². The Balaban J connectivity index is 1.19. The Morgan fingerprint density at radius 2 is 1.86 bits per heavy atom. The maximum absolute atomic E-state index is 13.1. The Morgan fingerprint density at radius 3 is 2.69 bits per heavy atom. The van der Waals surface area contributed by atoms with Gasteiger partial charge in [0, 0.05) is 18.5 Å². The van der Waals surface area contributed by atoms with Gasteiger partial charge in [-0.1, -0.05) is 42.5 Å². The first-order chi connectivity index (χ1) is 17.7. The van der Waals surface area contributed by atoms with Crippen molar-refractivity contribution in [2.75, 3.05) is 29.9 Å². The molecule has 0 aliphatic carbocycles. The smallest absolute Gasteiger partial charge is 0.291 e. The summed E-state index contributed by atoms with van der Waals surface area (Å²) in [5.41, 5.74) is 5.12. The maximum atomic E-state index is 13.1. The van der Waals surface area contributed by atoms with Crippen LogP contribution in [0.15, 0.2) is 77.2 Å². The van der Waals surface area contributed by atoms with E-state index in [0.717, 1.165) is 74.4 Å². The molecule has 1 amide bonds. The Kier molecular flexibility index (Phi) is 6.35. The number of nitrogens with one attached hydrogen (secondary N) is 2. The number of hydrogen-bond acceptors (Lipinski definition) is 5. The fourth-order valence-electron chi connectivity index (χ4n) is 5.27. The topological polar surface area (TPSA) is 66.7 Å². The van der Waals surface area contributed by atoms with Gasteiger partial charge in [-0.2, -0.15) is 0 Å². The number of aryl methyl sites for hydroxylation is 1. The minimum absolute atomic E-state index is 0.232. The minimum Gasteiger partial charge on any atom is -0.490 e. The van der Waals surface area contributed by atoms with Gasteiger partial charge in [0.2, 0.25) is 0 Å². The zero-order valence-electron chi connectivity index (χ0n) is 20.3. The largest absolute Gasteiger partial charge is 0.490 e. The fourth-order valence-corrected chi connectivity index (χ4v) is 5.27. The lowest BCUT2D eigenvalue weighted by atomic mass is 9.99. The summed E-state index contributed by atoms with van der Waals surface area (Å²) in [6, 6.07) is 24.1. The number of ether oxygens (including phenoxy) is 1. The third-order valence-electron chi connectivity index (χ3n) is 7.09. The molecule has 1 aromatic heterocycles. The number of benzene rings is 3. The van der Waals surface area contributed by atoms with Gasteiger partial charge in [0.15, 0.2) is 5.76 Å². The molecular formula is C30H31N3O3. The van der Waals surface area contributed by atoms with Crippen molar-refractivity contribution in [3.05, 3.63) is 89.7 Å². The summed E-state index contributed by atoms with van der Waals surface area (Å²) in [5, 5.41) is 7.42. The predicted octanol–water partition coefficient (Wildman–Crippen LogP) is 5.77. The van der Waals surface area contributed by atoms with E-state index in [0.29, 0.717) is 17.4 Å². The van der Waals surface area contributed by atoms with E-state index in [1.165, 1.54) is 11.1 Å². The molecule has 6 rings (SSSR count). The van der Waals surface area contributed by atoms with Crippen LogP contribution in [0.2, 0.25) is 0 Å². The van der Waals surface area contributed by atoms with E-state index in [-0.39, 0.29) is 5.91 Å². The summed E-state index contributed by atoms with van der Waals surface area (Å²) >= 11 is 0. The third-order valence-corrected chi connectivity index (χ3v) is 7.09. The summed E-state index contributed by atoms with van der Waals surface area (Å²) < 4.78 is 12.0. The maximum Gasteiger partial charge on any atom is 0.291 e. The fraction of sp³-hybridized carbons (Fsp3) is 0.300. The van der Waals surface area contributed by atoms with E-state index in [1.54, 1.807) is 6.07 Å². The van der Waals surface area contributed by atoms with E-state index < -0.39 is 0 Å². The lowest BCUT2D eigenvalue weighted by Gasteiger charge is -2.33. The second kappa shape index (κ2) is 10.1. The quantitative estimate of drug-likeness (QED) is 0.366. The first kappa shape index (κ1) is 22.7. The average molecular weight is 482 g/mol. The molecule has 2 N–H and O–H groups in total. The zero-order chi connectivity index (χ0) is 24.3. The highest BCUT2D eigenvalue weighted by Gasteiger charge is 2.23. The third kappa shape index (κ3) is 4.82. The number of para-hydroxylation sites is 2. The van der Waals surface area contributed by atoms with Crippen LogP contribution in [0.25, 0.3) is 11.0 Å². The van der Waals surface area contributed by atoms with Gasteiger partial charge < -0.3 is 24.7 Å². The van der Waals surface area contributed by atoms with Gasteiger partial charge in [-0.3, -0.25) is 4.79 Å². The molecule has 2 aliphatic rings. The van der Waals surface area contributed by atoms with E-state index in [4.69, 9.17) is 9.15 Å². The number of piperidine rings is 1. The summed E-state index contributed by atoms with van der Waals surface area (Å²) in [7, 11) is 0. The van der Waals surface area contributed by atoms with E-state index in [2.05, 4.69) is 45.9 Å². The predicted molar refractivity (Wildman–Crippen MR) is 143 cm³/mol. The molecule has 184 valence electrons. The van der Waals surface area contributed by atoms with Gasteiger partial charge in [-0.05, 0) is 80.2 Å². The van der Waals surface area contributed by atoms with E-state index in [1.807, 2.05) is 36.4 Å². The number of nitrogens with zero attached hydrogens (tertiary/aromatic N) is 1. The molecular weight excluding hydrogens is 450 g/mol. The van der Waals surface area contributed by atoms with Crippen LogP contribution < -0.4 is 20.3 Å². The molecule has 0 atom stereocenters. The molecule has 3 aromatic carbocycles. The van der Waals surface area contributed by atoms with Crippen molar-refractivity contribution in [2.24, 2.45) is 0 Å². The molecule has 0 spiro atoms. The standard InChI is InChI=1S/C30H31N3O3/c34-30(28-19-23-5-1-2-9-27(23)36-28)32-26-8-3-6-22-7-4-18-33(29(22)26)20-21-10-12-24(13-11-21)35-25-14-16-31-17-15-25/h1-3,5-6,8-13,19,25,31H,4,7,14-18,20H2,(H,32,34). The summed E-state index contributed by atoms with van der Waals surface area (Å²) in [6.45, 7) is 3.76. The number of fused-ring (bicyclic) bond motifs is 2. The van der Waals surface area contributed by atoms with E-state index in [9.17, 15) is 4.79 Å². The second-order valence-corrected chi connectivity index (χ2v) is 9.65. The summed E-state index contributed by atoms with van der Waals surface area (Å²) in [6.07, 6.45) is 4.49. The van der Waals surface area contributed by atoms with Crippen LogP contribution in [0.3, 0.4) is 0 Å². The average Bonchev–Trinajstić information content (AvgIpc) is 3.35. The molecule has 0 bridgehead atoms. The Hall–Kier alpha value is -3.77. The molecule has 1 saturated heterocycles. The SMILES string of the molecule is O=C(Nc1cccc2c1N(Cc1ccc(OC3CCNCC3)cc1)CCC2)c1cc2ccccc2o1. The first-order valence-electron chi connectivity index (χ1n) is 12.9. The molecule has 1 fully saturated rings. The van der Waals surface area contributed by atoms with E-state index >= 15 is 0 Å². The van der Waals surface area contributed by atoms with Crippen LogP contribution >= 0.6 is 0 Å². The normalized spacial score (nSPS) is 16.1. The van der Waals surface area contributed by atoms with Gasteiger partial charge in [0.1, 0.15) is 17.4 Å². The van der Waals surface area contributed by atoms with Crippen LogP contribution in [0, 0.1) is 0 Å². The highest BCUT2D eigenvalue weighted by atomic mass is 16.5. The Labute approximate surface area is 211 Å². The first-order valence-corrected chi connectivity index (χ1v) is 12.9. The lowest BCUT2D eigenvalue weighted by molar-refractivity contribution is 0.0998. The van der Waals surface area contributed by atoms with Crippen LogP contribution in [0.1, 0.15) is 40.9 Å². The molecule has 0 unspecified atom stereocenters. The van der Waals surface area contributed by atoms with Crippen molar-refractivity contribution in [3.8, 4) is 5.75 Å². The van der Waals surface area contributed by atoms with Gasteiger partial charge in [0.25, 0.3) is 5.91 Å². The Bertz CT molecular complexity index is 1320. The van der Waals surface area contributed by atoms with Crippen LogP contribution in [0.5, 0.6) is 5.75 Å². The zero-order valence-corrected chi connectivity index (χ0v) is 20.3. The minimum atomic E-state index is -0.232. The number of hydrogen-bond donors (Lipinski definition) is 2. The molecule has 4 aromatic rings. The molecule has 36 heavy (non-hydrogen) atoms. The van der Waals surface area contributed by atoms with Gasteiger partial charge in [-0.25, -0.2) is 0 Å². The van der Waals surface area contributed by atoms with Crippen molar-refractivity contribution < 1.29 is 13.9 Å². The second-order valence-electron chi connectivity index (χ2n) is 9.65. The highest BCUT2D eigenvalue weighted by molar-refractivity contribution is 6.06. The molecule has 6 heteroatoms. The monoisotopic (exact) mass is 481 g/mol. The summed E-state index contributed by atoms with van der Waals surface area (Å²) in [5.74, 6) is 1.02. The number of rotatable bonds is 6. The van der Waals surface area contributed by atoms with Crippen molar-refractivity contribution in [3.63, 3.8) is 0 Å². The molecule has 3 heterocycles. The lowest BCUT2D eigenvalue weighted by Crippen LogP contribution is -2.34. The van der Waals surface area contributed by atoms with Gasteiger partial charge in [0.05, 0.1) is 11.4 Å². The van der Waals surface area contributed by atoms with Gasteiger partial charge >= 0.3 is 0 Å². The summed E-state index contributed by atoms with van der Waals surface area (Å²) in [4.78, 5) is 15.5. The van der Waals surface area contributed by atoms with Gasteiger partial charge in [-0.15, -0.1) is 0 Å². The van der Waals surface area contributed by atoms with Crippen LogP contribution in [-0.2, 0) is 13.0 Å². The Morgan fingerprint density at radius 1 is 1.03 bits per heavy atom. The highest BCUT2D eigenvalue weighted by Crippen LogP contribution is 2.36. The number of anilines is 2. The molecule has 0 saturated carbocycles. The van der Waals surface area contributed by atoms with Crippen LogP contribution in [-0.4, -0.2) is 31.6 Å². The number of carbonyl (C=O) groups excluding carboxylic acids is 1. The van der Waals surface area contributed by atoms with Crippen molar-refractivity contribution in [1.82, 2.24) is 5.32 Å². The molecule has 6 nitrogen and oxygen atoms in total. The van der Waals surface area contributed by atoms with Crippen molar-refractivity contribution in [2.45, 2.75) is 38.3 Å². The number of amides is 1.